The van der Waals surface area contributed by atoms with E-state index in [-0.39, 0.29) is 43.6 Å². The van der Waals surface area contributed by atoms with Crippen LogP contribution in [0.4, 0.5) is 0 Å². The van der Waals surface area contributed by atoms with Crippen LogP contribution in [-0.2, 0) is 54.5 Å². The first kappa shape index (κ1) is 82.2. The molecule has 0 saturated heterocycles. The van der Waals surface area contributed by atoms with Crippen LogP contribution in [0, 0.1) is 0 Å². The minimum Gasteiger partial charge on any atom is -0.507 e. The van der Waals surface area contributed by atoms with E-state index in [0.29, 0.717) is 143 Å². The number of aliphatic hydroxyl groups excluding tert-OH is 1. The van der Waals surface area contributed by atoms with Crippen molar-refractivity contribution in [2.75, 3.05) is 65.9 Å². The molecule has 0 bridgehead atoms. The molecular weight excluding hydrogens is 1490 g/mol. The van der Waals surface area contributed by atoms with Crippen molar-refractivity contribution >= 4 is 104 Å². The van der Waals surface area contributed by atoms with Crippen molar-refractivity contribution in [2.24, 2.45) is 10.8 Å². The smallest absolute Gasteiger partial charge is 0.496 e. The zero-order valence-electron chi connectivity index (χ0n) is 55.3. The number of fused-ring (bicyclic) bond motifs is 2. The number of phenolic OH excluding ortho intramolecular Hbond substituents is 1. The molecule has 10 rings (SSSR count). The summed E-state index contributed by atoms with van der Waals surface area (Å²) in [7, 11) is -2.12. The zero-order valence-corrected chi connectivity index (χ0v) is 60.9. The fraction of sp³-hybridized carbons (Fsp3) is 0.301. The van der Waals surface area contributed by atoms with Crippen LogP contribution in [0.3, 0.4) is 0 Å². The van der Waals surface area contributed by atoms with Gasteiger partial charge in [-0.15, -0.1) is 12.4 Å². The first-order valence-electron chi connectivity index (χ1n) is 31.6. The quantitative estimate of drug-likeness (QED) is 0.00513. The first-order chi connectivity index (χ1) is 47.5. The molecule has 2 aliphatic rings. The van der Waals surface area contributed by atoms with Gasteiger partial charge in [-0.05, 0) is 132 Å². The van der Waals surface area contributed by atoms with E-state index in [2.05, 4.69) is 57.8 Å². The van der Waals surface area contributed by atoms with Gasteiger partial charge in [0.15, 0.2) is 18.4 Å². The highest BCUT2D eigenvalue weighted by Gasteiger charge is 2.46. The highest BCUT2D eigenvalue weighted by Crippen LogP contribution is 2.36. The molecule has 524 valence electrons. The number of carbonyl (C=O) groups is 3. The van der Waals surface area contributed by atoms with Crippen LogP contribution in [0.2, 0.25) is 0 Å². The number of nitrogens with zero attached hydrogens (tertiary/aromatic N) is 3. The van der Waals surface area contributed by atoms with Crippen molar-refractivity contribution in [3.05, 3.63) is 250 Å². The largest absolute Gasteiger partial charge is 0.507 e. The van der Waals surface area contributed by atoms with Gasteiger partial charge in [-0.2, -0.15) is 0 Å². The molecule has 8 aromatic rings. The number of rotatable bonds is 31. The zero-order chi connectivity index (χ0) is 70.6. The molecule has 0 amide bonds. The number of azide groups is 1. The molecule has 0 fully saturated rings. The van der Waals surface area contributed by atoms with Crippen molar-refractivity contribution in [1.29, 1.82) is 0 Å². The van der Waals surface area contributed by atoms with Crippen LogP contribution in [0.15, 0.2) is 201 Å². The fourth-order valence-electron chi connectivity index (χ4n) is 9.78. The lowest BCUT2D eigenvalue weighted by Gasteiger charge is -2.23. The van der Waals surface area contributed by atoms with Crippen LogP contribution in [0.5, 0.6) is 28.7 Å². The van der Waals surface area contributed by atoms with E-state index in [1.54, 1.807) is 56.3 Å². The van der Waals surface area contributed by atoms with Crippen LogP contribution >= 0.6 is 60.2 Å². The van der Waals surface area contributed by atoms with Gasteiger partial charge in [0.2, 0.25) is 0 Å². The monoisotopic (exact) mass is 1560 g/mol. The third kappa shape index (κ3) is 26.2. The summed E-state index contributed by atoms with van der Waals surface area (Å²) in [4.78, 5) is 35.3. The van der Waals surface area contributed by atoms with E-state index < -0.39 is 25.4 Å². The van der Waals surface area contributed by atoms with Gasteiger partial charge in [-0.1, -0.05) is 157 Å². The summed E-state index contributed by atoms with van der Waals surface area (Å²) >= 11 is 9.84. The average Bonchev–Trinajstić information content (AvgIpc) is 1.62. The third-order valence-corrected chi connectivity index (χ3v) is 17.4. The van der Waals surface area contributed by atoms with Crippen LogP contribution in [0.25, 0.3) is 10.4 Å². The highest BCUT2D eigenvalue weighted by atomic mass is 79.9. The molecule has 0 aromatic heterocycles. The lowest BCUT2D eigenvalue weighted by Crippen LogP contribution is -2.33. The van der Waals surface area contributed by atoms with E-state index in [0.717, 1.165) is 42.2 Å². The van der Waals surface area contributed by atoms with Crippen molar-refractivity contribution in [3.63, 3.8) is 0 Å². The number of aromatic hydroxyl groups is 1. The van der Waals surface area contributed by atoms with E-state index in [1.165, 1.54) is 17.2 Å². The summed E-state index contributed by atoms with van der Waals surface area (Å²) in [5.41, 5.74) is 20.8. The second kappa shape index (κ2) is 44.7. The van der Waals surface area contributed by atoms with Gasteiger partial charge in [0.25, 0.3) is 0 Å². The number of aliphatic hydroxyl groups is 1. The normalized spacial score (nSPS) is 14.4. The van der Waals surface area contributed by atoms with E-state index in [9.17, 15) is 24.4 Å². The predicted octanol–water partition coefficient (Wildman–Crippen LogP) is 13.5. The summed E-state index contributed by atoms with van der Waals surface area (Å²) in [5.74, 6) is 2.64. The lowest BCUT2D eigenvalue weighted by atomic mass is 9.77. The Morgan fingerprint density at radius 2 is 0.919 bits per heavy atom. The summed E-state index contributed by atoms with van der Waals surface area (Å²) in [6.07, 6.45) is 4.36. The van der Waals surface area contributed by atoms with Crippen molar-refractivity contribution in [3.8, 4) is 28.7 Å². The van der Waals surface area contributed by atoms with Crippen LogP contribution < -0.4 is 35.6 Å². The molecule has 0 radical (unpaired) electrons. The van der Waals surface area contributed by atoms with Crippen molar-refractivity contribution < 1.29 is 77.1 Å². The fourth-order valence-corrected chi connectivity index (χ4v) is 11.3. The number of hydrogen-bond donors (Lipinski definition) is 5. The molecule has 2 atom stereocenters. The Bertz CT molecular complexity index is 3800. The Morgan fingerprint density at radius 3 is 1.34 bits per heavy atom. The lowest BCUT2D eigenvalue weighted by molar-refractivity contribution is 0.0888. The number of benzene rings is 8. The van der Waals surface area contributed by atoms with Gasteiger partial charge >= 0.3 is 14.2 Å². The molecule has 99 heavy (non-hydrogen) atoms. The summed E-state index contributed by atoms with van der Waals surface area (Å²) < 4.78 is 52.6. The van der Waals surface area contributed by atoms with Crippen LogP contribution in [-0.4, -0.2) is 119 Å². The number of Topliss-reactive ketones (excluding diaryl/α,β-unsaturated/α-hetero) is 1. The maximum atomic E-state index is 11.5. The number of hydrogen-bond acceptors (Lipinski definition) is 18. The van der Waals surface area contributed by atoms with Gasteiger partial charge < -0.3 is 68.5 Å². The number of ether oxygens (including phenoxy) is 7. The van der Waals surface area contributed by atoms with Gasteiger partial charge in [-0.25, -0.2) is 0 Å². The number of ketones is 1. The van der Waals surface area contributed by atoms with Gasteiger partial charge in [0, 0.05) is 71.4 Å². The standard InChI is InChI=1S/C19H22BN3O4.C18H19BrO3.C17H17BrO3.C12H18BNO4.C7H5BrO2.ClH/c1-19(14-22-23-21)16-9-5-10-17(18(16)20(24)27-19)26-12-6-11-25-13-15-7-3-2-4-8-15;1-14(20)16-9-5-10-17(18(16)19)22-12-6-11-21-13-15-7-3-2-4-8-15;18-17-15(12-19)8-4-9-16(17)21-11-5-10-20-13-14-6-2-1-3-7-14;1-12(8-14)9-4-2-5-10(17-7-3-6-15)11(9)13(16)18-12;8-7-5(4-9)2-1-3-6(7)10;/h2-5,7-10,24H,6,11-14H2,1H3;2-5,7-10H,6,11-13H2,1H3;1-4,6-9,12H,5,10-11,13H2;2,4-5,15-16H,3,6-8,14H2,1H3;1-4,10H;1H/t19-;;;12-;;/m1..1../s1. The maximum Gasteiger partial charge on any atom is 0.496 e. The second-order valence-electron chi connectivity index (χ2n) is 22.3. The number of nitrogens with two attached hydrogens (primary N) is 1. The van der Waals surface area contributed by atoms with Crippen molar-refractivity contribution in [2.45, 2.75) is 77.5 Å². The molecule has 2 aliphatic heterocycles. The summed E-state index contributed by atoms with van der Waals surface area (Å²) in [6.45, 7) is 11.3. The maximum absolute atomic E-state index is 11.5. The SMILES string of the molecule is CC(=O)c1cccc(OCCCOCc2ccccc2)c1Br.C[C@]1(CN)OB(O)c2c(OCCCO)cccc21.C[C@]1(CN=[N+]=[N-])OB(O)c2c(OCCCOCc3ccccc3)cccc21.Cl.O=Cc1cccc(O)c1Br.O=Cc1cccc(OCCCOCc2ccccc2)c1Br. The Kier molecular flexibility index (Phi) is 37.1. The summed E-state index contributed by atoms with van der Waals surface area (Å²) in [6, 6.07) is 56.7. The van der Waals surface area contributed by atoms with E-state index in [4.69, 9.17) is 63.9 Å². The van der Waals surface area contributed by atoms with Gasteiger partial charge in [0.1, 0.15) is 28.7 Å². The van der Waals surface area contributed by atoms with Gasteiger partial charge in [0.05, 0.1) is 97.2 Å². The molecule has 6 N–H and O–H groups in total. The van der Waals surface area contributed by atoms with Crippen LogP contribution in [0.1, 0.15) is 105 Å². The molecular formula is C73H82B2Br3ClN4O16. The number of aldehydes is 2. The molecule has 2 heterocycles. The van der Waals surface area contributed by atoms with Gasteiger partial charge in [-0.3, -0.25) is 14.4 Å². The highest BCUT2D eigenvalue weighted by molar-refractivity contribution is 9.11. The Morgan fingerprint density at radius 1 is 0.535 bits per heavy atom. The molecule has 0 spiro atoms. The average molecular weight is 1570 g/mol. The molecule has 0 aliphatic carbocycles. The third-order valence-electron chi connectivity index (χ3n) is 14.9. The summed E-state index contributed by atoms with van der Waals surface area (Å²) in [5, 5.41) is 41.6. The molecule has 26 heteroatoms. The topological polar surface area (TPSA) is 290 Å². The minimum absolute atomic E-state index is 0. The first-order valence-corrected chi connectivity index (χ1v) is 34.0. The molecule has 0 saturated carbocycles. The number of carbonyl (C=O) groups excluding carboxylic acids is 3. The second-order valence-corrected chi connectivity index (χ2v) is 24.7. The van der Waals surface area contributed by atoms with E-state index >= 15 is 0 Å². The molecule has 20 nitrogen and oxygen atoms in total. The van der Waals surface area contributed by atoms with E-state index in [1.807, 2.05) is 140 Å². The number of halogens is 4. The Balaban J connectivity index is 0.000000228. The molecule has 0 unspecified atom stereocenters. The Hall–Kier alpha value is -7.42. The molecule has 8 aromatic carbocycles. The number of phenols is 1. The van der Waals surface area contributed by atoms with Crippen molar-refractivity contribution in [1.82, 2.24) is 0 Å². The minimum atomic E-state index is -1.11. The Labute approximate surface area is 610 Å². The predicted molar refractivity (Wildman–Crippen MR) is 396 cm³/mol.